The van der Waals surface area contributed by atoms with E-state index in [0.29, 0.717) is 18.6 Å². The van der Waals surface area contributed by atoms with Crippen molar-refractivity contribution in [2.24, 2.45) is 5.92 Å². The Kier molecular flexibility index (Phi) is 6.57. The van der Waals surface area contributed by atoms with Gasteiger partial charge in [-0.2, -0.15) is 0 Å². The molecule has 0 aliphatic carbocycles. The monoisotopic (exact) mass is 159 g/mol. The van der Waals surface area contributed by atoms with Crippen LogP contribution in [0.25, 0.3) is 0 Å². The molecule has 2 nitrogen and oxygen atoms in total. The highest BCUT2D eigenvalue weighted by Crippen LogP contribution is 2.04. The number of hydrogen-bond donors (Lipinski definition) is 2. The van der Waals surface area contributed by atoms with Gasteiger partial charge in [-0.15, -0.1) is 0 Å². The van der Waals surface area contributed by atoms with E-state index in [0.717, 1.165) is 19.4 Å². The number of rotatable bonds is 6. The smallest absolute Gasteiger partial charge is 0.0445 e. The fraction of sp³-hybridized carbons (Fsp3) is 1.00. The molecule has 2 heteroatoms. The van der Waals surface area contributed by atoms with E-state index in [4.69, 9.17) is 5.11 Å². The normalized spacial score (nSPS) is 13.9. The molecule has 0 radical (unpaired) electrons. The van der Waals surface area contributed by atoms with Crippen molar-refractivity contribution in [3.63, 3.8) is 0 Å². The van der Waals surface area contributed by atoms with Crippen LogP contribution in [0.4, 0.5) is 0 Å². The van der Waals surface area contributed by atoms with Crippen LogP contribution >= 0.6 is 0 Å². The highest BCUT2D eigenvalue weighted by Gasteiger charge is 2.10. The summed E-state index contributed by atoms with van der Waals surface area (Å²) < 4.78 is 0. The summed E-state index contributed by atoms with van der Waals surface area (Å²) in [6.07, 6.45) is 2.03. The first-order valence-electron chi connectivity index (χ1n) is 4.56. The average Bonchev–Trinajstić information content (AvgIpc) is 1.97. The van der Waals surface area contributed by atoms with Gasteiger partial charge in [0.2, 0.25) is 0 Å². The van der Waals surface area contributed by atoms with Crippen LogP contribution in [0.2, 0.25) is 0 Å². The van der Waals surface area contributed by atoms with Gasteiger partial charge < -0.3 is 10.4 Å². The molecule has 0 rings (SSSR count). The third-order valence-corrected chi connectivity index (χ3v) is 1.90. The largest absolute Gasteiger partial charge is 0.396 e. The fourth-order valence-electron chi connectivity index (χ4n) is 1.14. The Labute approximate surface area is 70.0 Å². The summed E-state index contributed by atoms with van der Waals surface area (Å²) in [5.41, 5.74) is 0. The van der Waals surface area contributed by atoms with E-state index in [2.05, 4.69) is 26.1 Å². The molecule has 0 saturated heterocycles. The molecule has 0 aromatic carbocycles. The van der Waals surface area contributed by atoms with E-state index in [1.807, 2.05) is 0 Å². The Morgan fingerprint density at radius 1 is 1.36 bits per heavy atom. The van der Waals surface area contributed by atoms with Gasteiger partial charge in [0.15, 0.2) is 0 Å². The minimum absolute atomic E-state index is 0.291. The zero-order chi connectivity index (χ0) is 8.69. The van der Waals surface area contributed by atoms with Gasteiger partial charge >= 0.3 is 0 Å². The predicted octanol–water partition coefficient (Wildman–Crippen LogP) is 1.39. The third-order valence-electron chi connectivity index (χ3n) is 1.90. The summed E-state index contributed by atoms with van der Waals surface area (Å²) in [6, 6.07) is 0.486. The van der Waals surface area contributed by atoms with E-state index < -0.39 is 0 Å². The van der Waals surface area contributed by atoms with Crippen molar-refractivity contribution in [1.29, 1.82) is 0 Å². The Morgan fingerprint density at radius 2 is 2.00 bits per heavy atom. The lowest BCUT2D eigenvalue weighted by Crippen LogP contribution is -2.35. The van der Waals surface area contributed by atoms with Crippen molar-refractivity contribution in [3.05, 3.63) is 0 Å². The van der Waals surface area contributed by atoms with E-state index in [9.17, 15) is 0 Å². The fourth-order valence-corrected chi connectivity index (χ4v) is 1.14. The molecule has 0 aromatic rings. The van der Waals surface area contributed by atoms with E-state index >= 15 is 0 Å². The van der Waals surface area contributed by atoms with Crippen molar-refractivity contribution < 1.29 is 5.11 Å². The first kappa shape index (κ1) is 10.9. The highest BCUT2D eigenvalue weighted by molar-refractivity contribution is 4.69. The molecule has 0 fully saturated rings. The average molecular weight is 159 g/mol. The van der Waals surface area contributed by atoms with Gasteiger partial charge in [0.05, 0.1) is 0 Å². The van der Waals surface area contributed by atoms with Gasteiger partial charge in [-0.25, -0.2) is 0 Å². The van der Waals surface area contributed by atoms with Crippen LogP contribution in [0.5, 0.6) is 0 Å². The van der Waals surface area contributed by atoms with Gasteiger partial charge in [0, 0.05) is 12.6 Å². The van der Waals surface area contributed by atoms with Crippen molar-refractivity contribution in [2.75, 3.05) is 13.2 Å². The molecule has 0 aliphatic heterocycles. The van der Waals surface area contributed by atoms with E-state index in [1.54, 1.807) is 0 Å². The van der Waals surface area contributed by atoms with Crippen molar-refractivity contribution in [1.82, 2.24) is 5.32 Å². The molecule has 0 amide bonds. The van der Waals surface area contributed by atoms with Crippen LogP contribution < -0.4 is 5.32 Å². The predicted molar refractivity (Wildman–Crippen MR) is 48.6 cm³/mol. The van der Waals surface area contributed by atoms with Crippen LogP contribution in [-0.2, 0) is 0 Å². The Bertz CT molecular complexity index is 83.6. The van der Waals surface area contributed by atoms with Crippen LogP contribution in [0, 0.1) is 5.92 Å². The van der Waals surface area contributed by atoms with Crippen LogP contribution in [-0.4, -0.2) is 24.3 Å². The van der Waals surface area contributed by atoms with Gasteiger partial charge in [-0.1, -0.05) is 20.8 Å². The lowest BCUT2D eigenvalue weighted by atomic mass is 10.0. The van der Waals surface area contributed by atoms with Crippen LogP contribution in [0.1, 0.15) is 33.6 Å². The Hall–Kier alpha value is -0.0800. The lowest BCUT2D eigenvalue weighted by molar-refractivity contribution is 0.245. The molecule has 1 unspecified atom stereocenters. The Morgan fingerprint density at radius 3 is 2.36 bits per heavy atom. The maximum absolute atomic E-state index is 8.74. The summed E-state index contributed by atoms with van der Waals surface area (Å²) in [5.74, 6) is 0.619. The molecule has 0 aliphatic rings. The molecule has 1 atom stereocenters. The molecule has 11 heavy (non-hydrogen) atoms. The van der Waals surface area contributed by atoms with Crippen LogP contribution in [0.15, 0.2) is 0 Å². The van der Waals surface area contributed by atoms with Gasteiger partial charge in [-0.05, 0) is 25.3 Å². The molecule has 0 spiro atoms. The molecule has 0 bridgehead atoms. The SMILES string of the molecule is CCCNC(CCO)C(C)C. The molecule has 0 saturated carbocycles. The summed E-state index contributed by atoms with van der Waals surface area (Å²) in [4.78, 5) is 0. The second-order valence-electron chi connectivity index (χ2n) is 3.32. The van der Waals surface area contributed by atoms with Crippen molar-refractivity contribution in [2.45, 2.75) is 39.7 Å². The molecule has 0 heterocycles. The number of hydrogen-bond acceptors (Lipinski definition) is 2. The first-order valence-corrected chi connectivity index (χ1v) is 4.56. The standard InChI is InChI=1S/C9H21NO/c1-4-6-10-9(5-7-11)8(2)3/h8-11H,4-7H2,1-3H3. The topological polar surface area (TPSA) is 32.3 Å². The van der Waals surface area contributed by atoms with E-state index in [1.165, 1.54) is 0 Å². The summed E-state index contributed by atoms with van der Waals surface area (Å²) in [6.45, 7) is 7.87. The highest BCUT2D eigenvalue weighted by atomic mass is 16.3. The lowest BCUT2D eigenvalue weighted by Gasteiger charge is -2.20. The van der Waals surface area contributed by atoms with Crippen molar-refractivity contribution in [3.8, 4) is 0 Å². The van der Waals surface area contributed by atoms with Gasteiger partial charge in [-0.3, -0.25) is 0 Å². The second-order valence-corrected chi connectivity index (χ2v) is 3.32. The maximum Gasteiger partial charge on any atom is 0.0445 e. The summed E-state index contributed by atoms with van der Waals surface area (Å²) in [7, 11) is 0. The minimum atomic E-state index is 0.291. The summed E-state index contributed by atoms with van der Waals surface area (Å²) >= 11 is 0. The quantitative estimate of drug-likeness (QED) is 0.614. The second kappa shape index (κ2) is 6.62. The number of nitrogens with one attached hydrogen (secondary N) is 1. The molecule has 68 valence electrons. The third kappa shape index (κ3) is 5.22. The minimum Gasteiger partial charge on any atom is -0.396 e. The zero-order valence-corrected chi connectivity index (χ0v) is 7.93. The van der Waals surface area contributed by atoms with E-state index in [-0.39, 0.29) is 0 Å². The first-order chi connectivity index (χ1) is 5.22. The number of aliphatic hydroxyl groups excluding tert-OH is 1. The molecular formula is C9H21NO. The maximum atomic E-state index is 8.74. The number of aliphatic hydroxyl groups is 1. The van der Waals surface area contributed by atoms with Crippen LogP contribution in [0.3, 0.4) is 0 Å². The zero-order valence-electron chi connectivity index (χ0n) is 7.93. The van der Waals surface area contributed by atoms with Gasteiger partial charge in [0.25, 0.3) is 0 Å². The molecule has 0 aromatic heterocycles. The summed E-state index contributed by atoms with van der Waals surface area (Å²) in [5, 5.41) is 12.2. The van der Waals surface area contributed by atoms with Crippen molar-refractivity contribution >= 4 is 0 Å². The molecule has 2 N–H and O–H groups in total. The van der Waals surface area contributed by atoms with Gasteiger partial charge in [0.1, 0.15) is 0 Å². The molecular weight excluding hydrogens is 138 g/mol. The Balaban J connectivity index is 3.51.